The van der Waals surface area contributed by atoms with Crippen molar-refractivity contribution < 1.29 is 24.2 Å². The topological polar surface area (TPSA) is 103 Å². The van der Waals surface area contributed by atoms with Gasteiger partial charge in [-0.05, 0) is 75.4 Å². The number of aliphatic hydroxyl groups is 1. The molecule has 0 unspecified atom stereocenters. The molecule has 0 saturated carbocycles. The molecule has 9 heteroatoms. The molecule has 5 rings (SSSR count). The molecule has 1 heterocycles. The van der Waals surface area contributed by atoms with Crippen LogP contribution >= 0.6 is 0 Å². The van der Waals surface area contributed by atoms with Gasteiger partial charge in [-0.15, -0.1) is 0 Å². The number of carbonyl (C=O) groups is 2. The number of amides is 3. The Balaban J connectivity index is 1.39. The van der Waals surface area contributed by atoms with Gasteiger partial charge in [-0.1, -0.05) is 73.7 Å². The van der Waals surface area contributed by atoms with E-state index >= 15 is 0 Å². The maximum atomic E-state index is 14.5. The zero-order chi connectivity index (χ0) is 34.8. The fraction of sp³-hybridized carbons (Fsp3) is 0.400. The first-order valence-corrected chi connectivity index (χ1v) is 17.3. The quantitative estimate of drug-likeness (QED) is 0.181. The van der Waals surface area contributed by atoms with Crippen LogP contribution in [0.4, 0.5) is 16.2 Å². The molecule has 4 aromatic rings. The molecule has 4 atom stereocenters. The molecule has 0 aromatic heterocycles. The molecule has 1 aliphatic heterocycles. The van der Waals surface area contributed by atoms with Crippen LogP contribution in [0.2, 0.25) is 0 Å². The Morgan fingerprint density at radius 1 is 0.980 bits per heavy atom. The van der Waals surface area contributed by atoms with E-state index in [0.29, 0.717) is 42.4 Å². The van der Waals surface area contributed by atoms with E-state index in [2.05, 4.69) is 41.6 Å². The van der Waals surface area contributed by atoms with Crippen molar-refractivity contribution in [3.8, 4) is 5.75 Å². The first-order valence-electron chi connectivity index (χ1n) is 17.3. The number of aliphatic hydroxyl groups excluding tert-OH is 1. The number of hydrogen-bond acceptors (Lipinski definition) is 6. The molecule has 3 N–H and O–H groups in total. The third kappa shape index (κ3) is 9.81. The molecule has 9 nitrogen and oxygen atoms in total. The van der Waals surface area contributed by atoms with Gasteiger partial charge in [-0.25, -0.2) is 4.79 Å². The van der Waals surface area contributed by atoms with Crippen LogP contribution in [0.25, 0.3) is 10.8 Å². The van der Waals surface area contributed by atoms with Gasteiger partial charge in [0, 0.05) is 43.2 Å². The van der Waals surface area contributed by atoms with Crippen molar-refractivity contribution in [3.05, 3.63) is 102 Å². The van der Waals surface area contributed by atoms with E-state index in [9.17, 15) is 14.7 Å². The second-order valence-corrected chi connectivity index (χ2v) is 13.3. The number of urea groups is 1. The summed E-state index contributed by atoms with van der Waals surface area (Å²) in [6.45, 7) is 8.23. The lowest BCUT2D eigenvalue weighted by atomic mass is 10.0. The van der Waals surface area contributed by atoms with Gasteiger partial charge in [-0.3, -0.25) is 9.69 Å². The lowest BCUT2D eigenvalue weighted by Crippen LogP contribution is -2.47. The predicted molar refractivity (Wildman–Crippen MR) is 196 cm³/mol. The van der Waals surface area contributed by atoms with Gasteiger partial charge in [0.15, 0.2) is 0 Å². The minimum Gasteiger partial charge on any atom is -0.490 e. The number of nitrogens with zero attached hydrogens (tertiary/aromatic N) is 2. The summed E-state index contributed by atoms with van der Waals surface area (Å²) in [5, 5.41) is 18.1. The molecular weight excluding hydrogens is 616 g/mol. The first kappa shape index (κ1) is 35.9. The number of rotatable bonds is 8. The van der Waals surface area contributed by atoms with Crippen LogP contribution < -0.4 is 15.4 Å². The summed E-state index contributed by atoms with van der Waals surface area (Å²) in [7, 11) is 2.09. The van der Waals surface area contributed by atoms with Crippen LogP contribution in [0.3, 0.4) is 0 Å². The van der Waals surface area contributed by atoms with Crippen molar-refractivity contribution in [2.75, 3.05) is 44.0 Å². The Labute approximate surface area is 290 Å². The number of nitrogens with one attached hydrogen (secondary N) is 2. The second-order valence-electron chi connectivity index (χ2n) is 13.3. The third-order valence-electron chi connectivity index (χ3n) is 9.13. The van der Waals surface area contributed by atoms with E-state index in [1.807, 2.05) is 74.5 Å². The maximum Gasteiger partial charge on any atom is 0.323 e. The van der Waals surface area contributed by atoms with Crippen molar-refractivity contribution in [1.82, 2.24) is 9.80 Å². The number of likely N-dealkylation sites (N-methyl/N-ethyl adjacent to an activating group) is 1. The lowest BCUT2D eigenvalue weighted by Gasteiger charge is -2.36. The van der Waals surface area contributed by atoms with Crippen LogP contribution in [0.5, 0.6) is 5.75 Å². The van der Waals surface area contributed by atoms with Crippen molar-refractivity contribution in [1.29, 1.82) is 0 Å². The van der Waals surface area contributed by atoms with Gasteiger partial charge in [0.25, 0.3) is 5.91 Å². The summed E-state index contributed by atoms with van der Waals surface area (Å²) in [4.78, 5) is 31.6. The highest BCUT2D eigenvalue weighted by atomic mass is 16.5. The molecule has 0 fully saturated rings. The summed E-state index contributed by atoms with van der Waals surface area (Å²) in [6, 6.07) is 28.2. The van der Waals surface area contributed by atoms with E-state index in [-0.39, 0.29) is 30.6 Å². The van der Waals surface area contributed by atoms with Gasteiger partial charge in [0.05, 0.1) is 36.1 Å². The highest BCUT2D eigenvalue weighted by molar-refractivity contribution is 6.07. The second kappa shape index (κ2) is 17.3. The average molecular weight is 667 g/mol. The van der Waals surface area contributed by atoms with E-state index in [1.165, 1.54) is 5.56 Å². The maximum absolute atomic E-state index is 14.5. The number of ether oxygens (including phenoxy) is 2. The first-order chi connectivity index (χ1) is 23.7. The van der Waals surface area contributed by atoms with Crippen LogP contribution in [0, 0.1) is 5.92 Å². The van der Waals surface area contributed by atoms with Crippen LogP contribution in [-0.4, -0.2) is 78.4 Å². The fourth-order valence-corrected chi connectivity index (χ4v) is 6.35. The van der Waals surface area contributed by atoms with Crippen molar-refractivity contribution in [3.63, 3.8) is 0 Å². The predicted octanol–water partition coefficient (Wildman–Crippen LogP) is 7.41. The standard InChI is InChI=1S/C40H50N4O5/c1-28-24-44(29(2)27-45)39(46)35-23-33(41-40(47)42-36-19-12-17-32-16-8-9-18-34(32)36)20-21-37(35)49-30(3)13-10-11-22-48-38(28)26-43(4)25-31-14-6-5-7-15-31/h5-9,12,14-21,23,28-30,38,45H,10-11,13,22,24-27H2,1-4H3,(H2,41,42,47)/t28-,29+,30+,38+/m1/s1. The largest absolute Gasteiger partial charge is 0.490 e. The molecule has 3 amide bonds. The van der Waals surface area contributed by atoms with Crippen molar-refractivity contribution >= 4 is 34.1 Å². The molecular formula is C40H50N4O5. The Morgan fingerprint density at radius 3 is 2.53 bits per heavy atom. The van der Waals surface area contributed by atoms with Gasteiger partial charge in [0.2, 0.25) is 0 Å². The van der Waals surface area contributed by atoms with Crippen LogP contribution in [0.1, 0.15) is 56.0 Å². The van der Waals surface area contributed by atoms with Gasteiger partial charge in [-0.2, -0.15) is 0 Å². The molecule has 0 radical (unpaired) electrons. The molecule has 0 spiro atoms. The van der Waals surface area contributed by atoms with Crippen molar-refractivity contribution in [2.24, 2.45) is 5.92 Å². The fourth-order valence-electron chi connectivity index (χ4n) is 6.35. The minimum atomic E-state index is -0.456. The Kier molecular flexibility index (Phi) is 12.6. The van der Waals surface area contributed by atoms with E-state index in [1.54, 1.807) is 23.1 Å². The normalized spacial score (nSPS) is 19.8. The average Bonchev–Trinajstić information content (AvgIpc) is 3.10. The number of hydrogen-bond donors (Lipinski definition) is 3. The third-order valence-corrected chi connectivity index (χ3v) is 9.13. The highest BCUT2D eigenvalue weighted by Gasteiger charge is 2.30. The summed E-state index contributed by atoms with van der Waals surface area (Å²) in [5.41, 5.74) is 2.70. The Hall–Kier alpha value is -4.44. The van der Waals surface area contributed by atoms with E-state index in [0.717, 1.165) is 36.6 Å². The molecule has 1 aliphatic rings. The highest BCUT2D eigenvalue weighted by Crippen LogP contribution is 2.29. The molecule has 49 heavy (non-hydrogen) atoms. The van der Waals surface area contributed by atoms with Crippen LogP contribution in [0.15, 0.2) is 91.0 Å². The number of carbonyl (C=O) groups excluding carboxylic acids is 2. The molecule has 0 bridgehead atoms. The van der Waals surface area contributed by atoms with Crippen molar-refractivity contribution in [2.45, 2.75) is 64.8 Å². The summed E-state index contributed by atoms with van der Waals surface area (Å²) >= 11 is 0. The molecule has 0 saturated heterocycles. The molecule has 0 aliphatic carbocycles. The SMILES string of the molecule is C[C@@H]1CN([C@@H](C)CO)C(=O)c2cc(NC(=O)Nc3cccc4ccccc34)ccc2O[C@@H](C)CCCCO[C@H]1CN(C)Cc1ccccc1. The van der Waals surface area contributed by atoms with Gasteiger partial charge < -0.3 is 30.1 Å². The summed E-state index contributed by atoms with van der Waals surface area (Å²) in [6.07, 6.45) is 2.36. The molecule has 260 valence electrons. The lowest BCUT2D eigenvalue weighted by molar-refractivity contribution is -0.0177. The minimum absolute atomic E-state index is 0.0322. The number of anilines is 2. The Morgan fingerprint density at radius 2 is 1.73 bits per heavy atom. The zero-order valence-electron chi connectivity index (χ0n) is 29.1. The Bertz CT molecular complexity index is 1680. The smallest absolute Gasteiger partial charge is 0.323 e. The monoisotopic (exact) mass is 666 g/mol. The summed E-state index contributed by atoms with van der Waals surface area (Å²) < 4.78 is 12.9. The number of fused-ring (bicyclic) bond motifs is 2. The van der Waals surface area contributed by atoms with Crippen LogP contribution in [-0.2, 0) is 11.3 Å². The number of benzene rings is 4. The van der Waals surface area contributed by atoms with E-state index < -0.39 is 12.1 Å². The van der Waals surface area contributed by atoms with Gasteiger partial charge in [0.1, 0.15) is 5.75 Å². The summed E-state index contributed by atoms with van der Waals surface area (Å²) in [5.74, 6) is 0.144. The zero-order valence-corrected chi connectivity index (χ0v) is 29.1. The van der Waals surface area contributed by atoms with Gasteiger partial charge >= 0.3 is 6.03 Å². The molecule has 4 aromatic carbocycles. The van der Waals surface area contributed by atoms with E-state index in [4.69, 9.17) is 9.47 Å².